The molecule has 0 atom stereocenters. The SMILES string of the molecule is Cc1ccc(NC(=O)c2ccnc(Cl)c2)cc1Nc1ccnc2c1[nH]c(=O)n2C(C)(C)C. The van der Waals surface area contributed by atoms with Gasteiger partial charge in [0, 0.05) is 34.9 Å². The van der Waals surface area contributed by atoms with Crippen molar-refractivity contribution in [3.8, 4) is 0 Å². The quantitative estimate of drug-likeness (QED) is 0.386. The maximum Gasteiger partial charge on any atom is 0.328 e. The van der Waals surface area contributed by atoms with Crippen molar-refractivity contribution in [1.82, 2.24) is 19.5 Å². The number of anilines is 3. The average Bonchev–Trinajstić information content (AvgIpc) is 3.07. The number of imidazole rings is 1. The number of aromatic nitrogens is 4. The lowest BCUT2D eigenvalue weighted by Crippen LogP contribution is -2.32. The summed E-state index contributed by atoms with van der Waals surface area (Å²) in [5, 5.41) is 6.49. The highest BCUT2D eigenvalue weighted by molar-refractivity contribution is 6.29. The van der Waals surface area contributed by atoms with Gasteiger partial charge in [0.05, 0.1) is 5.69 Å². The first-order valence-corrected chi connectivity index (χ1v) is 10.4. The Balaban J connectivity index is 1.66. The molecule has 3 heterocycles. The Morgan fingerprint density at radius 2 is 1.81 bits per heavy atom. The number of nitrogens with zero attached hydrogens (tertiary/aromatic N) is 3. The lowest BCUT2D eigenvalue weighted by atomic mass is 10.1. The van der Waals surface area contributed by atoms with E-state index in [-0.39, 0.29) is 16.8 Å². The highest BCUT2D eigenvalue weighted by atomic mass is 35.5. The van der Waals surface area contributed by atoms with E-state index >= 15 is 0 Å². The van der Waals surface area contributed by atoms with Crippen LogP contribution in [-0.2, 0) is 5.54 Å². The van der Waals surface area contributed by atoms with Crippen molar-refractivity contribution in [2.75, 3.05) is 10.6 Å². The lowest BCUT2D eigenvalue weighted by Gasteiger charge is -2.20. The molecule has 0 saturated heterocycles. The molecule has 0 spiro atoms. The van der Waals surface area contributed by atoms with E-state index in [2.05, 4.69) is 25.6 Å². The fraction of sp³-hybridized carbons (Fsp3) is 0.217. The van der Waals surface area contributed by atoms with Crippen molar-refractivity contribution in [1.29, 1.82) is 0 Å². The predicted molar refractivity (Wildman–Crippen MR) is 127 cm³/mol. The molecule has 0 radical (unpaired) electrons. The van der Waals surface area contributed by atoms with Gasteiger partial charge in [-0.15, -0.1) is 0 Å². The number of halogens is 1. The maximum absolute atomic E-state index is 12.6. The number of hydrogen-bond acceptors (Lipinski definition) is 5. The van der Waals surface area contributed by atoms with E-state index in [9.17, 15) is 9.59 Å². The first-order valence-electron chi connectivity index (χ1n) is 10.0. The number of fused-ring (bicyclic) bond motifs is 1. The second-order valence-corrected chi connectivity index (χ2v) is 8.86. The minimum absolute atomic E-state index is 0.219. The molecular weight excluding hydrogens is 428 g/mol. The number of rotatable bonds is 4. The van der Waals surface area contributed by atoms with Crippen molar-refractivity contribution in [2.45, 2.75) is 33.2 Å². The molecule has 164 valence electrons. The van der Waals surface area contributed by atoms with Gasteiger partial charge >= 0.3 is 5.69 Å². The number of pyridine rings is 2. The zero-order chi connectivity index (χ0) is 23.0. The molecule has 8 nitrogen and oxygen atoms in total. The van der Waals surface area contributed by atoms with Gasteiger partial charge in [0.2, 0.25) is 0 Å². The van der Waals surface area contributed by atoms with Crippen molar-refractivity contribution < 1.29 is 4.79 Å². The number of nitrogens with one attached hydrogen (secondary N) is 3. The molecular formula is C23H23ClN6O2. The smallest absolute Gasteiger partial charge is 0.328 e. The molecule has 0 aliphatic carbocycles. The van der Waals surface area contributed by atoms with Crippen molar-refractivity contribution in [3.63, 3.8) is 0 Å². The van der Waals surface area contributed by atoms with Gasteiger partial charge in [-0.2, -0.15) is 0 Å². The van der Waals surface area contributed by atoms with Crippen LogP contribution >= 0.6 is 11.6 Å². The summed E-state index contributed by atoms with van der Waals surface area (Å²) in [5.41, 5.74) is 4.04. The predicted octanol–water partition coefficient (Wildman–Crippen LogP) is 4.83. The largest absolute Gasteiger partial charge is 0.353 e. The van der Waals surface area contributed by atoms with Gasteiger partial charge in [-0.1, -0.05) is 17.7 Å². The first kappa shape index (κ1) is 21.6. The molecule has 1 aromatic carbocycles. The van der Waals surface area contributed by atoms with E-state index < -0.39 is 5.54 Å². The maximum atomic E-state index is 12.6. The summed E-state index contributed by atoms with van der Waals surface area (Å²) >= 11 is 5.88. The number of amides is 1. The minimum atomic E-state index is -0.420. The van der Waals surface area contributed by atoms with E-state index in [4.69, 9.17) is 11.6 Å². The fourth-order valence-electron chi connectivity index (χ4n) is 3.46. The number of aromatic amines is 1. The van der Waals surface area contributed by atoms with Crippen LogP contribution in [0.25, 0.3) is 11.2 Å². The summed E-state index contributed by atoms with van der Waals surface area (Å²) in [6.45, 7) is 7.82. The molecule has 4 aromatic rings. The average molecular weight is 451 g/mol. The Labute approximate surface area is 189 Å². The van der Waals surface area contributed by atoms with E-state index in [0.29, 0.717) is 28.1 Å². The summed E-state index contributed by atoms with van der Waals surface area (Å²) in [7, 11) is 0. The first-order chi connectivity index (χ1) is 15.1. The highest BCUT2D eigenvalue weighted by Crippen LogP contribution is 2.29. The topological polar surface area (TPSA) is 105 Å². The zero-order valence-corrected chi connectivity index (χ0v) is 18.9. The molecule has 32 heavy (non-hydrogen) atoms. The number of carbonyl (C=O) groups is 1. The van der Waals surface area contributed by atoms with Crippen LogP contribution < -0.4 is 16.3 Å². The Morgan fingerprint density at radius 1 is 1.06 bits per heavy atom. The molecule has 0 saturated carbocycles. The molecule has 3 aromatic heterocycles. The molecule has 1 amide bonds. The molecule has 0 unspecified atom stereocenters. The second-order valence-electron chi connectivity index (χ2n) is 8.47. The standard InChI is InChI=1S/C23H23ClN6O2/c1-13-5-6-15(27-21(31)14-7-9-25-18(24)11-14)12-17(13)28-16-8-10-26-20-19(16)29-22(32)30(20)23(2,3)4/h5-12H,1-4H3,(H,26,28)(H,27,31)(H,29,32). The minimum Gasteiger partial charge on any atom is -0.353 e. The van der Waals surface area contributed by atoms with E-state index in [0.717, 1.165) is 11.3 Å². The number of aryl methyl sites for hydroxylation is 1. The molecule has 3 N–H and O–H groups in total. The van der Waals surface area contributed by atoms with Gasteiger partial charge in [0.25, 0.3) is 5.91 Å². The van der Waals surface area contributed by atoms with Crippen LogP contribution in [0, 0.1) is 6.92 Å². The highest BCUT2D eigenvalue weighted by Gasteiger charge is 2.21. The van der Waals surface area contributed by atoms with Crippen LogP contribution in [0.4, 0.5) is 17.1 Å². The van der Waals surface area contributed by atoms with Gasteiger partial charge in [-0.25, -0.2) is 14.8 Å². The van der Waals surface area contributed by atoms with Gasteiger partial charge in [0.15, 0.2) is 5.65 Å². The zero-order valence-electron chi connectivity index (χ0n) is 18.2. The Kier molecular flexibility index (Phi) is 5.48. The van der Waals surface area contributed by atoms with Crippen LogP contribution in [0.15, 0.2) is 53.6 Å². The van der Waals surface area contributed by atoms with E-state index in [1.54, 1.807) is 22.9 Å². The summed E-state index contributed by atoms with van der Waals surface area (Å²) in [6.07, 6.45) is 3.15. The molecule has 9 heteroatoms. The number of hydrogen-bond donors (Lipinski definition) is 3. The summed E-state index contributed by atoms with van der Waals surface area (Å²) in [4.78, 5) is 36.3. The van der Waals surface area contributed by atoms with Crippen LogP contribution in [0.5, 0.6) is 0 Å². The van der Waals surface area contributed by atoms with Gasteiger partial charge in [0.1, 0.15) is 10.7 Å². The Bertz CT molecular complexity index is 1380. The third-order valence-electron chi connectivity index (χ3n) is 5.00. The van der Waals surface area contributed by atoms with E-state index in [1.165, 1.54) is 12.3 Å². The van der Waals surface area contributed by atoms with Crippen LogP contribution in [-0.4, -0.2) is 25.4 Å². The second kappa shape index (κ2) is 8.12. The third kappa shape index (κ3) is 4.22. The van der Waals surface area contributed by atoms with Gasteiger partial charge < -0.3 is 15.6 Å². The molecule has 0 aliphatic heterocycles. The Morgan fingerprint density at radius 3 is 2.53 bits per heavy atom. The fourth-order valence-corrected chi connectivity index (χ4v) is 3.63. The number of H-pyrrole nitrogens is 1. The van der Waals surface area contributed by atoms with Crippen molar-refractivity contribution in [3.05, 3.63) is 75.6 Å². The van der Waals surface area contributed by atoms with Gasteiger partial charge in [-0.3, -0.25) is 9.36 Å². The summed E-state index contributed by atoms with van der Waals surface area (Å²) < 4.78 is 1.64. The number of carbonyl (C=O) groups excluding carboxylic acids is 1. The Hall–Kier alpha value is -3.65. The summed E-state index contributed by atoms with van der Waals surface area (Å²) in [5.74, 6) is -0.290. The van der Waals surface area contributed by atoms with Crippen LogP contribution in [0.2, 0.25) is 5.15 Å². The molecule has 0 bridgehead atoms. The van der Waals surface area contributed by atoms with Crippen LogP contribution in [0.1, 0.15) is 36.7 Å². The monoisotopic (exact) mass is 450 g/mol. The normalized spacial score (nSPS) is 11.5. The summed E-state index contributed by atoms with van der Waals surface area (Å²) in [6, 6.07) is 10.5. The third-order valence-corrected chi connectivity index (χ3v) is 5.21. The number of benzene rings is 1. The van der Waals surface area contributed by atoms with E-state index in [1.807, 2.05) is 45.9 Å². The molecule has 0 aliphatic rings. The van der Waals surface area contributed by atoms with Crippen molar-refractivity contribution >= 4 is 45.7 Å². The lowest BCUT2D eigenvalue weighted by molar-refractivity contribution is 0.102. The molecule has 4 rings (SSSR count). The van der Waals surface area contributed by atoms with Gasteiger partial charge in [-0.05, 0) is 63.6 Å². The van der Waals surface area contributed by atoms with Crippen molar-refractivity contribution in [2.24, 2.45) is 0 Å². The van der Waals surface area contributed by atoms with Crippen LogP contribution in [0.3, 0.4) is 0 Å². The molecule has 0 fully saturated rings.